The van der Waals surface area contributed by atoms with E-state index in [-0.39, 0.29) is 11.7 Å². The summed E-state index contributed by atoms with van der Waals surface area (Å²) in [6.45, 7) is 0. The molecule has 2 aromatic carbocycles. The van der Waals surface area contributed by atoms with Crippen LogP contribution in [0.5, 0.6) is 23.0 Å². The molecule has 1 amide bonds. The van der Waals surface area contributed by atoms with Gasteiger partial charge in [-0.3, -0.25) is 4.79 Å². The van der Waals surface area contributed by atoms with Crippen LogP contribution in [0.4, 0.5) is 5.69 Å². The van der Waals surface area contributed by atoms with E-state index in [0.717, 1.165) is 5.56 Å². The number of aromatic hydroxyl groups is 1. The van der Waals surface area contributed by atoms with Gasteiger partial charge in [-0.25, -0.2) is 0 Å². The van der Waals surface area contributed by atoms with Gasteiger partial charge in [0.05, 0.1) is 19.9 Å². The summed E-state index contributed by atoms with van der Waals surface area (Å²) in [6, 6.07) is 9.98. The Morgan fingerprint density at radius 3 is 2.74 bits per heavy atom. The lowest BCUT2D eigenvalue weighted by Gasteiger charge is -2.26. The molecule has 6 heteroatoms. The maximum absolute atomic E-state index is 12.2. The Labute approximate surface area is 133 Å². The van der Waals surface area contributed by atoms with Crippen molar-refractivity contribution >= 4 is 11.6 Å². The molecule has 0 fully saturated rings. The second kappa shape index (κ2) is 6.08. The van der Waals surface area contributed by atoms with Crippen LogP contribution in [0.1, 0.15) is 5.56 Å². The van der Waals surface area contributed by atoms with Gasteiger partial charge >= 0.3 is 0 Å². The van der Waals surface area contributed by atoms with Gasteiger partial charge in [0.2, 0.25) is 0 Å². The third kappa shape index (κ3) is 3.01. The number of hydrogen-bond donors (Lipinski definition) is 2. The number of phenolic OH excluding ortho intramolecular Hbond substituents is 1. The van der Waals surface area contributed by atoms with Crippen LogP contribution >= 0.6 is 0 Å². The quantitative estimate of drug-likeness (QED) is 0.847. The predicted octanol–water partition coefficient (Wildman–Crippen LogP) is 2.35. The molecule has 0 radical (unpaired) electrons. The first-order chi connectivity index (χ1) is 11.1. The lowest BCUT2D eigenvalue weighted by atomic mass is 10.0. The zero-order chi connectivity index (χ0) is 16.4. The van der Waals surface area contributed by atoms with Crippen molar-refractivity contribution in [2.75, 3.05) is 19.5 Å². The van der Waals surface area contributed by atoms with Gasteiger partial charge in [0, 0.05) is 18.6 Å². The van der Waals surface area contributed by atoms with Crippen molar-refractivity contribution in [3.05, 3.63) is 42.0 Å². The molecule has 0 aromatic heterocycles. The van der Waals surface area contributed by atoms with Crippen molar-refractivity contribution < 1.29 is 24.1 Å². The van der Waals surface area contributed by atoms with Crippen LogP contribution in [-0.4, -0.2) is 31.3 Å². The number of benzene rings is 2. The maximum Gasteiger partial charge on any atom is 0.265 e. The van der Waals surface area contributed by atoms with Crippen LogP contribution in [0.15, 0.2) is 36.4 Å². The van der Waals surface area contributed by atoms with Crippen molar-refractivity contribution in [2.24, 2.45) is 0 Å². The van der Waals surface area contributed by atoms with Crippen molar-refractivity contribution in [1.29, 1.82) is 0 Å². The summed E-state index contributed by atoms with van der Waals surface area (Å²) in [6.07, 6.45) is -0.361. The molecule has 0 spiro atoms. The van der Waals surface area contributed by atoms with Crippen LogP contribution in [-0.2, 0) is 11.2 Å². The number of carbonyl (C=O) groups excluding carboxylic acids is 1. The van der Waals surface area contributed by atoms with E-state index in [0.29, 0.717) is 29.4 Å². The number of hydrogen-bond acceptors (Lipinski definition) is 5. The summed E-state index contributed by atoms with van der Waals surface area (Å²) in [7, 11) is 3.14. The summed E-state index contributed by atoms with van der Waals surface area (Å²) in [5, 5.41) is 12.3. The molecule has 1 heterocycles. The first-order valence-corrected chi connectivity index (χ1v) is 7.12. The van der Waals surface area contributed by atoms with Crippen LogP contribution in [0.3, 0.4) is 0 Å². The molecular formula is C17H17NO5. The third-order valence-corrected chi connectivity index (χ3v) is 3.68. The molecule has 0 aliphatic carbocycles. The van der Waals surface area contributed by atoms with Crippen molar-refractivity contribution in [3.63, 3.8) is 0 Å². The van der Waals surface area contributed by atoms with Crippen LogP contribution in [0.25, 0.3) is 0 Å². The molecule has 2 aromatic rings. The third-order valence-electron chi connectivity index (χ3n) is 3.68. The van der Waals surface area contributed by atoms with Gasteiger partial charge in [0.15, 0.2) is 6.10 Å². The Morgan fingerprint density at radius 2 is 2.00 bits per heavy atom. The molecule has 1 aliphatic rings. The molecule has 120 valence electrons. The summed E-state index contributed by atoms with van der Waals surface area (Å²) in [5.41, 5.74) is 1.38. The van der Waals surface area contributed by atoms with Gasteiger partial charge in [-0.2, -0.15) is 0 Å². The molecule has 0 saturated carbocycles. The standard InChI is InChI=1S/C17H17NO5/c1-21-12-5-3-10(14(9-12)22-2)7-16-17(20)18-13-6-4-11(19)8-15(13)23-16/h3-6,8-9,16,19H,7H2,1-2H3,(H,18,20). The predicted molar refractivity (Wildman–Crippen MR) is 84.4 cm³/mol. The minimum atomic E-state index is -0.702. The number of phenols is 1. The number of ether oxygens (including phenoxy) is 3. The summed E-state index contributed by atoms with van der Waals surface area (Å²) >= 11 is 0. The fourth-order valence-electron chi connectivity index (χ4n) is 2.49. The average Bonchev–Trinajstić information content (AvgIpc) is 2.56. The van der Waals surface area contributed by atoms with Crippen LogP contribution in [0, 0.1) is 0 Å². The zero-order valence-corrected chi connectivity index (χ0v) is 12.8. The van der Waals surface area contributed by atoms with E-state index in [1.165, 1.54) is 12.1 Å². The molecule has 6 nitrogen and oxygen atoms in total. The highest BCUT2D eigenvalue weighted by molar-refractivity contribution is 5.98. The highest BCUT2D eigenvalue weighted by Crippen LogP contribution is 2.34. The van der Waals surface area contributed by atoms with Gasteiger partial charge < -0.3 is 24.6 Å². The van der Waals surface area contributed by atoms with Gasteiger partial charge in [-0.1, -0.05) is 6.07 Å². The van der Waals surface area contributed by atoms with Crippen molar-refractivity contribution in [2.45, 2.75) is 12.5 Å². The summed E-state index contributed by atoms with van der Waals surface area (Å²) in [5.74, 6) is 1.60. The Hall–Kier alpha value is -2.89. The largest absolute Gasteiger partial charge is 0.508 e. The van der Waals surface area contributed by atoms with Gasteiger partial charge in [0.25, 0.3) is 5.91 Å². The van der Waals surface area contributed by atoms with Gasteiger partial charge in [-0.15, -0.1) is 0 Å². The minimum Gasteiger partial charge on any atom is -0.508 e. The zero-order valence-electron chi connectivity index (χ0n) is 12.8. The van der Waals surface area contributed by atoms with E-state index >= 15 is 0 Å². The fourth-order valence-corrected chi connectivity index (χ4v) is 2.49. The van der Waals surface area contributed by atoms with Crippen LogP contribution < -0.4 is 19.5 Å². The van der Waals surface area contributed by atoms with E-state index in [9.17, 15) is 9.90 Å². The molecule has 2 N–H and O–H groups in total. The van der Waals surface area contributed by atoms with Gasteiger partial charge in [0.1, 0.15) is 23.0 Å². The highest BCUT2D eigenvalue weighted by atomic mass is 16.5. The first-order valence-electron chi connectivity index (χ1n) is 7.12. The van der Waals surface area contributed by atoms with Crippen LogP contribution in [0.2, 0.25) is 0 Å². The lowest BCUT2D eigenvalue weighted by Crippen LogP contribution is -2.38. The number of fused-ring (bicyclic) bond motifs is 1. The second-order valence-electron chi connectivity index (χ2n) is 5.16. The lowest BCUT2D eigenvalue weighted by molar-refractivity contribution is -0.123. The van der Waals surface area contributed by atoms with Crippen molar-refractivity contribution in [3.8, 4) is 23.0 Å². The normalized spacial score (nSPS) is 16.1. The topological polar surface area (TPSA) is 77.0 Å². The molecule has 1 aliphatic heterocycles. The number of nitrogens with one attached hydrogen (secondary N) is 1. The first kappa shape index (κ1) is 15.0. The summed E-state index contributed by atoms with van der Waals surface area (Å²) in [4.78, 5) is 12.2. The Morgan fingerprint density at radius 1 is 1.17 bits per heavy atom. The molecule has 23 heavy (non-hydrogen) atoms. The van der Waals surface area contributed by atoms with E-state index in [1.807, 2.05) is 6.07 Å². The fraction of sp³-hybridized carbons (Fsp3) is 0.235. The monoisotopic (exact) mass is 315 g/mol. The number of carbonyl (C=O) groups is 1. The molecule has 3 rings (SSSR count). The molecule has 1 unspecified atom stereocenters. The molecule has 1 atom stereocenters. The van der Waals surface area contributed by atoms with Gasteiger partial charge in [-0.05, 0) is 23.8 Å². The second-order valence-corrected chi connectivity index (χ2v) is 5.16. The summed E-state index contributed by atoms with van der Waals surface area (Å²) < 4.78 is 16.2. The van der Waals surface area contributed by atoms with E-state index in [4.69, 9.17) is 14.2 Å². The number of amides is 1. The Balaban J connectivity index is 1.84. The van der Waals surface area contributed by atoms with Crippen molar-refractivity contribution in [1.82, 2.24) is 0 Å². The highest BCUT2D eigenvalue weighted by Gasteiger charge is 2.29. The van der Waals surface area contributed by atoms with E-state index in [1.54, 1.807) is 32.4 Å². The number of methoxy groups -OCH3 is 2. The molecule has 0 bridgehead atoms. The Kier molecular flexibility index (Phi) is 3.97. The smallest absolute Gasteiger partial charge is 0.265 e. The number of rotatable bonds is 4. The Bertz CT molecular complexity index is 744. The molecular weight excluding hydrogens is 298 g/mol. The SMILES string of the molecule is COc1ccc(CC2Oc3cc(O)ccc3NC2=O)c(OC)c1. The maximum atomic E-state index is 12.2. The van der Waals surface area contributed by atoms with E-state index < -0.39 is 6.10 Å². The number of anilines is 1. The minimum absolute atomic E-state index is 0.0840. The average molecular weight is 315 g/mol. The molecule has 0 saturated heterocycles. The van der Waals surface area contributed by atoms with E-state index in [2.05, 4.69) is 5.32 Å².